The third kappa shape index (κ3) is 6.20. The quantitative estimate of drug-likeness (QED) is 0.263. The lowest BCUT2D eigenvalue weighted by Crippen LogP contribution is -2.61. The molecule has 2 aromatic heterocycles. The fraction of sp³-hybridized carbons (Fsp3) is 0.231. The van der Waals surface area contributed by atoms with Gasteiger partial charge in [0.25, 0.3) is 0 Å². The van der Waals surface area contributed by atoms with Crippen LogP contribution in [0, 0.1) is 23.7 Å². The van der Waals surface area contributed by atoms with Gasteiger partial charge < -0.3 is 4.74 Å². The number of alkyl halides is 9. The molecule has 3 aromatic rings. The number of aromatic nitrogens is 2. The second-order valence-corrected chi connectivity index (χ2v) is 7.60. The number of halogens is 9. The van der Waals surface area contributed by atoms with Crippen molar-refractivity contribution < 1.29 is 44.3 Å². The Kier molecular flexibility index (Phi) is 8.25. The zero-order valence-electron chi connectivity index (χ0n) is 19.0. The van der Waals surface area contributed by atoms with E-state index in [1.54, 1.807) is 24.3 Å². The first-order chi connectivity index (χ1) is 17.8. The molecule has 0 bridgehead atoms. The van der Waals surface area contributed by atoms with Crippen molar-refractivity contribution in [1.29, 1.82) is 0 Å². The maximum atomic E-state index is 14.0. The molecule has 0 spiro atoms. The minimum Gasteiger partial charge on any atom is -0.491 e. The van der Waals surface area contributed by atoms with Gasteiger partial charge in [0.2, 0.25) is 0 Å². The highest BCUT2D eigenvalue weighted by atomic mass is 19.4. The summed E-state index contributed by atoms with van der Waals surface area (Å²) >= 11 is 0. The number of pyridine rings is 2. The fourth-order valence-electron chi connectivity index (χ4n) is 2.88. The van der Waals surface area contributed by atoms with Gasteiger partial charge in [-0.25, -0.2) is 0 Å². The highest BCUT2D eigenvalue weighted by molar-refractivity contribution is 5.59. The van der Waals surface area contributed by atoms with Crippen LogP contribution in [-0.4, -0.2) is 40.5 Å². The van der Waals surface area contributed by atoms with Crippen LogP contribution in [0.2, 0.25) is 0 Å². The topological polar surface area (TPSA) is 35.0 Å². The Morgan fingerprint density at radius 2 is 1.05 bits per heavy atom. The molecular formula is C26H15F9N2O. The van der Waals surface area contributed by atoms with Gasteiger partial charge in [0, 0.05) is 35.9 Å². The lowest BCUT2D eigenvalue weighted by molar-refractivity contribution is -0.397. The van der Waals surface area contributed by atoms with Crippen molar-refractivity contribution in [1.82, 2.24) is 9.97 Å². The molecule has 38 heavy (non-hydrogen) atoms. The van der Waals surface area contributed by atoms with Gasteiger partial charge in [0.05, 0.1) is 24.2 Å². The summed E-state index contributed by atoms with van der Waals surface area (Å²) in [7, 11) is 0. The largest absolute Gasteiger partial charge is 0.491 e. The van der Waals surface area contributed by atoms with E-state index < -0.39 is 37.0 Å². The van der Waals surface area contributed by atoms with E-state index in [1.165, 1.54) is 43.0 Å². The molecule has 0 saturated heterocycles. The van der Waals surface area contributed by atoms with Gasteiger partial charge >= 0.3 is 23.9 Å². The summed E-state index contributed by atoms with van der Waals surface area (Å²) in [6.07, 6.45) is -3.23. The van der Waals surface area contributed by atoms with Crippen LogP contribution >= 0.6 is 0 Å². The Hall–Kier alpha value is -4.19. The van der Waals surface area contributed by atoms with Crippen LogP contribution in [0.4, 0.5) is 39.5 Å². The minimum atomic E-state index is -6.97. The first-order valence-electron chi connectivity index (χ1n) is 10.6. The molecule has 0 unspecified atom stereocenters. The lowest BCUT2D eigenvalue weighted by atomic mass is 10.0. The summed E-state index contributed by atoms with van der Waals surface area (Å²) in [4.78, 5) is 7.66. The van der Waals surface area contributed by atoms with Crippen molar-refractivity contribution >= 4 is 0 Å². The van der Waals surface area contributed by atoms with Gasteiger partial charge in [0.15, 0.2) is 5.75 Å². The van der Waals surface area contributed by atoms with Crippen LogP contribution in [0.15, 0.2) is 67.3 Å². The number of ether oxygens (including phenoxy) is 1. The summed E-state index contributed by atoms with van der Waals surface area (Å²) in [6.45, 7) is -1.35. The number of nitrogens with zero attached hydrogens (tertiary/aromatic N) is 2. The Morgan fingerprint density at radius 1 is 0.605 bits per heavy atom. The van der Waals surface area contributed by atoms with E-state index in [-0.39, 0.29) is 16.9 Å². The molecule has 0 aliphatic carbocycles. The Balaban J connectivity index is 1.93. The van der Waals surface area contributed by atoms with Gasteiger partial charge in [0.1, 0.15) is 0 Å². The second kappa shape index (κ2) is 11.1. The molecule has 0 N–H and O–H groups in total. The van der Waals surface area contributed by atoms with Crippen LogP contribution in [0.1, 0.15) is 28.7 Å². The Bertz CT molecular complexity index is 1290. The van der Waals surface area contributed by atoms with Gasteiger partial charge in [-0.1, -0.05) is 29.7 Å². The monoisotopic (exact) mass is 542 g/mol. The Labute approximate surface area is 210 Å². The van der Waals surface area contributed by atoms with Crippen molar-refractivity contribution in [3.63, 3.8) is 0 Å². The van der Waals surface area contributed by atoms with Crippen molar-refractivity contribution in [2.24, 2.45) is 0 Å². The number of benzene rings is 1. The summed E-state index contributed by atoms with van der Waals surface area (Å²) in [5.74, 6) is -8.81. The van der Waals surface area contributed by atoms with Crippen molar-refractivity contribution in [2.45, 2.75) is 30.4 Å². The van der Waals surface area contributed by atoms with Crippen molar-refractivity contribution in [3.05, 3.63) is 89.5 Å². The molecule has 0 aliphatic rings. The van der Waals surface area contributed by atoms with Gasteiger partial charge in [-0.15, -0.1) is 0 Å². The number of hydrogen-bond donors (Lipinski definition) is 0. The van der Waals surface area contributed by atoms with E-state index in [2.05, 4.69) is 33.6 Å². The summed E-state index contributed by atoms with van der Waals surface area (Å²) < 4.78 is 124. The van der Waals surface area contributed by atoms with Crippen LogP contribution < -0.4 is 4.74 Å². The molecule has 0 radical (unpaired) electrons. The van der Waals surface area contributed by atoms with Crippen molar-refractivity contribution in [3.8, 4) is 29.4 Å². The molecule has 0 aliphatic heterocycles. The molecule has 3 nitrogen and oxygen atoms in total. The van der Waals surface area contributed by atoms with E-state index in [4.69, 9.17) is 4.74 Å². The SMILES string of the molecule is FC(F)(F)C(F)(F)C(F)(F)C(F)(F)CCOc1c(C#Cc2ccncc2)cccc1C#Cc1ccncc1. The molecule has 2 heterocycles. The Morgan fingerprint density at radius 3 is 1.47 bits per heavy atom. The lowest BCUT2D eigenvalue weighted by Gasteiger charge is -2.33. The second-order valence-electron chi connectivity index (χ2n) is 7.60. The van der Waals surface area contributed by atoms with E-state index in [9.17, 15) is 39.5 Å². The van der Waals surface area contributed by atoms with Crippen molar-refractivity contribution in [2.75, 3.05) is 6.61 Å². The summed E-state index contributed by atoms with van der Waals surface area (Å²) in [6, 6.07) is 10.5. The average Bonchev–Trinajstić information content (AvgIpc) is 2.87. The van der Waals surface area contributed by atoms with E-state index in [1.807, 2.05) is 0 Å². The van der Waals surface area contributed by atoms with E-state index >= 15 is 0 Å². The molecule has 3 rings (SSSR count). The van der Waals surface area contributed by atoms with Crippen LogP contribution in [0.25, 0.3) is 0 Å². The minimum absolute atomic E-state index is 0.0686. The molecule has 0 atom stereocenters. The maximum absolute atomic E-state index is 14.0. The highest BCUT2D eigenvalue weighted by Gasteiger charge is 2.81. The van der Waals surface area contributed by atoms with Crippen LogP contribution in [-0.2, 0) is 0 Å². The summed E-state index contributed by atoms with van der Waals surface area (Å²) in [5, 5.41) is 0. The summed E-state index contributed by atoms with van der Waals surface area (Å²) in [5.41, 5.74) is 1.14. The molecule has 198 valence electrons. The molecular weight excluding hydrogens is 527 g/mol. The zero-order chi connectivity index (χ0) is 28.0. The first kappa shape index (κ1) is 28.4. The molecule has 0 saturated carbocycles. The third-order valence-electron chi connectivity index (χ3n) is 4.93. The maximum Gasteiger partial charge on any atom is 0.460 e. The normalized spacial score (nSPS) is 12.1. The standard InChI is InChI=1S/C26H15F9N2O/c27-23(28,24(29,30)25(31,32)26(33,34)35)12-17-38-22-20(6-4-18-8-13-36-14-9-18)2-1-3-21(22)7-5-19-10-15-37-16-11-19/h1-3,8-11,13-16H,12,17H2. The van der Waals surface area contributed by atoms with E-state index in [0.29, 0.717) is 11.1 Å². The zero-order valence-corrected chi connectivity index (χ0v) is 19.0. The first-order valence-corrected chi connectivity index (χ1v) is 10.6. The number of hydrogen-bond acceptors (Lipinski definition) is 3. The molecule has 0 fully saturated rings. The van der Waals surface area contributed by atoms with Crippen LogP contribution in [0.5, 0.6) is 5.75 Å². The average molecular weight is 542 g/mol. The predicted octanol–water partition coefficient (Wildman–Crippen LogP) is 6.51. The molecule has 0 amide bonds. The van der Waals surface area contributed by atoms with Gasteiger partial charge in [-0.05, 0) is 36.4 Å². The smallest absolute Gasteiger partial charge is 0.460 e. The fourth-order valence-corrected chi connectivity index (χ4v) is 2.88. The molecule has 1 aromatic carbocycles. The number of para-hydroxylation sites is 1. The van der Waals surface area contributed by atoms with Gasteiger partial charge in [-0.3, -0.25) is 9.97 Å². The highest BCUT2D eigenvalue weighted by Crippen LogP contribution is 2.54. The number of rotatable bonds is 6. The van der Waals surface area contributed by atoms with E-state index in [0.717, 1.165) is 0 Å². The third-order valence-corrected chi connectivity index (χ3v) is 4.93. The van der Waals surface area contributed by atoms with Gasteiger partial charge in [-0.2, -0.15) is 39.5 Å². The predicted molar refractivity (Wildman–Crippen MR) is 118 cm³/mol. The van der Waals surface area contributed by atoms with Crippen LogP contribution in [0.3, 0.4) is 0 Å². The molecule has 12 heteroatoms.